The molecule has 1 rings (SSSR count). The van der Waals surface area contributed by atoms with Gasteiger partial charge in [-0.3, -0.25) is 9.59 Å². The molecule has 28 heavy (non-hydrogen) atoms. The van der Waals surface area contributed by atoms with Crippen molar-refractivity contribution in [3.63, 3.8) is 0 Å². The number of aromatic nitrogens is 2. The van der Waals surface area contributed by atoms with Gasteiger partial charge in [0.05, 0.1) is 17.8 Å². The Morgan fingerprint density at radius 2 is 1.64 bits per heavy atom. The smallest absolute Gasteiger partial charge is 0.245 e. The summed E-state index contributed by atoms with van der Waals surface area (Å²) in [6, 6.07) is 1.94. The van der Waals surface area contributed by atoms with Gasteiger partial charge in [0.2, 0.25) is 11.8 Å². The molecule has 1 aromatic heterocycles. The molecule has 0 radical (unpaired) electrons. The molecule has 2 amide bonds. The Labute approximate surface area is 171 Å². The number of rotatable bonds is 7. The number of carbonyl (C=O) groups is 2. The molecule has 0 saturated carbocycles. The average Bonchev–Trinajstić information content (AvgIpc) is 2.89. The van der Waals surface area contributed by atoms with E-state index in [0.717, 1.165) is 5.69 Å². The van der Waals surface area contributed by atoms with Crippen LogP contribution >= 0.6 is 0 Å². The van der Waals surface area contributed by atoms with Crippen molar-refractivity contribution < 1.29 is 9.59 Å². The first-order valence-corrected chi connectivity index (χ1v) is 10.3. The zero-order chi connectivity index (χ0) is 21.9. The summed E-state index contributed by atoms with van der Waals surface area (Å²) in [5.41, 5.74) is 0.539. The SMILES string of the molecule is CC(C)CC(=O)N(CC(=O)Nc1cc(C(C)(C)C)nn1C(C)(C)C)CC(C)C. The quantitative estimate of drug-likeness (QED) is 0.747. The normalized spacial score (nSPS) is 12.6. The lowest BCUT2D eigenvalue weighted by Crippen LogP contribution is -2.41. The van der Waals surface area contributed by atoms with E-state index in [-0.39, 0.29) is 35.2 Å². The topological polar surface area (TPSA) is 67.2 Å². The monoisotopic (exact) mass is 392 g/mol. The van der Waals surface area contributed by atoms with Gasteiger partial charge < -0.3 is 10.2 Å². The van der Waals surface area contributed by atoms with Gasteiger partial charge in [0.25, 0.3) is 0 Å². The van der Waals surface area contributed by atoms with E-state index in [2.05, 4.69) is 60.7 Å². The van der Waals surface area contributed by atoms with Crippen molar-refractivity contribution in [2.45, 2.75) is 86.6 Å². The van der Waals surface area contributed by atoms with Crippen molar-refractivity contribution >= 4 is 17.6 Å². The highest BCUT2D eigenvalue weighted by molar-refractivity contribution is 5.94. The highest BCUT2D eigenvalue weighted by atomic mass is 16.2. The fourth-order valence-corrected chi connectivity index (χ4v) is 2.88. The Bertz CT molecular complexity index is 676. The molecule has 0 bridgehead atoms. The van der Waals surface area contributed by atoms with Gasteiger partial charge in [-0.25, -0.2) is 4.68 Å². The molecular formula is C22H40N4O2. The molecule has 0 aliphatic heterocycles. The summed E-state index contributed by atoms with van der Waals surface area (Å²) in [6.07, 6.45) is 0.452. The van der Waals surface area contributed by atoms with Crippen LogP contribution in [0.5, 0.6) is 0 Å². The summed E-state index contributed by atoms with van der Waals surface area (Å²) < 4.78 is 1.86. The lowest BCUT2D eigenvalue weighted by Gasteiger charge is -2.26. The number of nitrogens with one attached hydrogen (secondary N) is 1. The molecule has 0 aromatic carbocycles. The first kappa shape index (κ1) is 24.2. The van der Waals surface area contributed by atoms with Crippen LogP contribution < -0.4 is 5.32 Å². The van der Waals surface area contributed by atoms with Crippen LogP contribution in [0.25, 0.3) is 0 Å². The highest BCUT2D eigenvalue weighted by Crippen LogP contribution is 2.28. The third-order valence-electron chi connectivity index (χ3n) is 4.24. The Morgan fingerprint density at radius 3 is 2.07 bits per heavy atom. The summed E-state index contributed by atoms with van der Waals surface area (Å²) in [7, 11) is 0. The summed E-state index contributed by atoms with van der Waals surface area (Å²) in [4.78, 5) is 27.0. The number of amides is 2. The van der Waals surface area contributed by atoms with Crippen molar-refractivity contribution in [3.8, 4) is 0 Å². The van der Waals surface area contributed by atoms with Crippen molar-refractivity contribution in [3.05, 3.63) is 11.8 Å². The van der Waals surface area contributed by atoms with E-state index in [1.165, 1.54) is 0 Å². The molecule has 1 heterocycles. The maximum absolute atomic E-state index is 12.8. The molecule has 6 heteroatoms. The second-order valence-electron chi connectivity index (χ2n) is 10.6. The minimum atomic E-state index is -0.267. The molecule has 0 aliphatic rings. The number of carbonyl (C=O) groups excluding carboxylic acids is 2. The first-order chi connectivity index (χ1) is 12.6. The minimum Gasteiger partial charge on any atom is -0.333 e. The maximum Gasteiger partial charge on any atom is 0.245 e. The van der Waals surface area contributed by atoms with E-state index in [0.29, 0.717) is 24.7 Å². The molecule has 160 valence electrons. The standard InChI is InChI=1S/C22H40N4O2/c1-15(2)11-20(28)25(13-16(3)4)14-19(27)23-18-12-17(21(5,6)7)24-26(18)22(8,9)10/h12,15-16H,11,13-14H2,1-10H3,(H,23,27). The fraction of sp³-hybridized carbons (Fsp3) is 0.773. The van der Waals surface area contributed by atoms with Crippen LogP contribution in [-0.2, 0) is 20.5 Å². The molecule has 0 aliphatic carbocycles. The van der Waals surface area contributed by atoms with Crippen LogP contribution in [0.3, 0.4) is 0 Å². The number of anilines is 1. The van der Waals surface area contributed by atoms with Crippen molar-refractivity contribution in [1.29, 1.82) is 0 Å². The van der Waals surface area contributed by atoms with Crippen LogP contribution in [0.2, 0.25) is 0 Å². The van der Waals surface area contributed by atoms with Gasteiger partial charge in [-0.2, -0.15) is 5.10 Å². The van der Waals surface area contributed by atoms with E-state index in [1.807, 2.05) is 24.6 Å². The third kappa shape index (κ3) is 7.28. The molecule has 0 fully saturated rings. The van der Waals surface area contributed by atoms with Crippen molar-refractivity contribution in [1.82, 2.24) is 14.7 Å². The molecule has 0 saturated heterocycles. The van der Waals surface area contributed by atoms with E-state index >= 15 is 0 Å². The molecule has 6 nitrogen and oxygen atoms in total. The highest BCUT2D eigenvalue weighted by Gasteiger charge is 2.26. The van der Waals surface area contributed by atoms with E-state index in [9.17, 15) is 9.59 Å². The van der Waals surface area contributed by atoms with Gasteiger partial charge >= 0.3 is 0 Å². The van der Waals surface area contributed by atoms with Crippen molar-refractivity contribution in [2.75, 3.05) is 18.4 Å². The van der Waals surface area contributed by atoms with Crippen LogP contribution in [0.15, 0.2) is 6.07 Å². The lowest BCUT2D eigenvalue weighted by molar-refractivity contribution is -0.135. The number of nitrogens with zero attached hydrogens (tertiary/aromatic N) is 3. The summed E-state index contributed by atoms with van der Waals surface area (Å²) >= 11 is 0. The molecule has 1 N–H and O–H groups in total. The first-order valence-electron chi connectivity index (χ1n) is 10.3. The molecule has 0 atom stereocenters. The average molecular weight is 393 g/mol. The maximum atomic E-state index is 12.8. The predicted octanol–water partition coefficient (Wildman–Crippen LogP) is 4.40. The summed E-state index contributed by atoms with van der Waals surface area (Å²) in [5.74, 6) is 1.07. The lowest BCUT2D eigenvalue weighted by atomic mass is 9.92. The third-order valence-corrected chi connectivity index (χ3v) is 4.24. The Kier molecular flexibility index (Phi) is 7.86. The predicted molar refractivity (Wildman–Crippen MR) is 115 cm³/mol. The number of hydrogen-bond acceptors (Lipinski definition) is 3. The van der Waals surface area contributed by atoms with Gasteiger partial charge in [-0.15, -0.1) is 0 Å². The fourth-order valence-electron chi connectivity index (χ4n) is 2.88. The van der Waals surface area contributed by atoms with Gasteiger partial charge in [0.15, 0.2) is 0 Å². The van der Waals surface area contributed by atoms with E-state index in [1.54, 1.807) is 4.90 Å². The minimum absolute atomic E-state index is 0.0264. The van der Waals surface area contributed by atoms with Gasteiger partial charge in [0.1, 0.15) is 5.82 Å². The van der Waals surface area contributed by atoms with Gasteiger partial charge in [-0.1, -0.05) is 48.5 Å². The molecule has 1 aromatic rings. The summed E-state index contributed by atoms with van der Waals surface area (Å²) in [5, 5.41) is 7.72. The molecule has 0 spiro atoms. The second kappa shape index (κ2) is 9.10. The Morgan fingerprint density at radius 1 is 1.07 bits per heavy atom. The largest absolute Gasteiger partial charge is 0.333 e. The van der Waals surface area contributed by atoms with Crippen LogP contribution in [0.4, 0.5) is 5.82 Å². The van der Waals surface area contributed by atoms with Gasteiger partial charge in [0, 0.05) is 24.4 Å². The zero-order valence-corrected chi connectivity index (χ0v) is 19.5. The van der Waals surface area contributed by atoms with E-state index < -0.39 is 0 Å². The van der Waals surface area contributed by atoms with E-state index in [4.69, 9.17) is 5.10 Å². The molecule has 0 unspecified atom stereocenters. The van der Waals surface area contributed by atoms with Gasteiger partial charge in [-0.05, 0) is 32.6 Å². The van der Waals surface area contributed by atoms with Crippen LogP contribution in [-0.4, -0.2) is 39.6 Å². The second-order valence-corrected chi connectivity index (χ2v) is 10.6. The van der Waals surface area contributed by atoms with Crippen LogP contribution in [0, 0.1) is 11.8 Å². The molecular weight excluding hydrogens is 352 g/mol. The zero-order valence-electron chi connectivity index (χ0n) is 19.5. The van der Waals surface area contributed by atoms with Crippen molar-refractivity contribution in [2.24, 2.45) is 11.8 Å². The Balaban J connectivity index is 3.04. The summed E-state index contributed by atoms with van der Waals surface area (Å²) in [6.45, 7) is 21.2. The number of hydrogen-bond donors (Lipinski definition) is 1. The van der Waals surface area contributed by atoms with Crippen LogP contribution in [0.1, 0.15) is 81.4 Å². The Hall–Kier alpha value is -1.85.